The molecule has 0 saturated carbocycles. The minimum absolute atomic E-state index is 0.267. The number of rotatable bonds is 11. The van der Waals surface area contributed by atoms with Crippen molar-refractivity contribution in [1.82, 2.24) is 4.98 Å². The second kappa shape index (κ2) is 9.78. The summed E-state index contributed by atoms with van der Waals surface area (Å²) in [4.78, 5) is 4.45. The van der Waals surface area contributed by atoms with Crippen LogP contribution in [0.5, 0.6) is 11.5 Å². The number of hydrogen-bond donors (Lipinski definition) is 1. The van der Waals surface area contributed by atoms with E-state index in [1.807, 2.05) is 24.4 Å². The molecular weight excluding hydrogens is 384 g/mol. The Morgan fingerprint density at radius 2 is 1.86 bits per heavy atom. The standard InChI is InChI=1S/C22H34N2O4Si/c1-16(2)14-29(4,5)28-11-10-25-9-7-17(3)24-19-6-8-23-20-13-22-21(12-18(19)20)26-15-27-22/h6,8,12-13,16-17H,7,9-11,14-15H2,1-5H3,(H,23,24). The van der Waals surface area contributed by atoms with E-state index in [1.54, 1.807) is 0 Å². The van der Waals surface area contributed by atoms with Crippen LogP contribution >= 0.6 is 0 Å². The number of nitrogens with one attached hydrogen (secondary N) is 1. The zero-order valence-corrected chi connectivity index (χ0v) is 19.3. The zero-order valence-electron chi connectivity index (χ0n) is 18.3. The van der Waals surface area contributed by atoms with E-state index in [1.165, 1.54) is 6.04 Å². The van der Waals surface area contributed by atoms with Crippen LogP contribution in [0, 0.1) is 5.92 Å². The molecule has 1 N–H and O–H groups in total. The van der Waals surface area contributed by atoms with Gasteiger partial charge in [-0.05, 0) is 50.5 Å². The second-order valence-corrected chi connectivity index (χ2v) is 12.9. The summed E-state index contributed by atoms with van der Waals surface area (Å²) < 4.78 is 22.8. The summed E-state index contributed by atoms with van der Waals surface area (Å²) in [6.45, 7) is 13.6. The topological polar surface area (TPSA) is 61.8 Å². The van der Waals surface area contributed by atoms with Crippen molar-refractivity contribution in [3.63, 3.8) is 0 Å². The predicted molar refractivity (Wildman–Crippen MR) is 119 cm³/mol. The lowest BCUT2D eigenvalue weighted by Crippen LogP contribution is -2.33. The van der Waals surface area contributed by atoms with Gasteiger partial charge in [0.1, 0.15) is 0 Å². The Kier molecular flexibility index (Phi) is 7.37. The Labute approximate surface area is 175 Å². The average molecular weight is 419 g/mol. The zero-order chi connectivity index (χ0) is 20.9. The van der Waals surface area contributed by atoms with E-state index in [9.17, 15) is 0 Å². The predicted octanol–water partition coefficient (Wildman–Crippen LogP) is 5.05. The van der Waals surface area contributed by atoms with Gasteiger partial charge in [0.15, 0.2) is 19.8 Å². The number of pyridine rings is 1. The smallest absolute Gasteiger partial charge is 0.231 e. The minimum Gasteiger partial charge on any atom is -0.454 e. The number of hydrogen-bond acceptors (Lipinski definition) is 6. The Balaban J connectivity index is 1.43. The van der Waals surface area contributed by atoms with E-state index < -0.39 is 8.32 Å². The van der Waals surface area contributed by atoms with Gasteiger partial charge in [0.2, 0.25) is 6.79 Å². The summed E-state index contributed by atoms with van der Waals surface area (Å²) in [6.07, 6.45) is 2.73. The van der Waals surface area contributed by atoms with Gasteiger partial charge in [0.25, 0.3) is 0 Å². The Bertz CT molecular complexity index is 813. The summed E-state index contributed by atoms with van der Waals surface area (Å²) in [7, 11) is -1.55. The maximum Gasteiger partial charge on any atom is 0.231 e. The van der Waals surface area contributed by atoms with Crippen molar-refractivity contribution >= 4 is 24.9 Å². The minimum atomic E-state index is -1.55. The van der Waals surface area contributed by atoms with Crippen molar-refractivity contribution in [2.24, 2.45) is 5.92 Å². The van der Waals surface area contributed by atoms with Gasteiger partial charge in [-0.25, -0.2) is 0 Å². The van der Waals surface area contributed by atoms with Gasteiger partial charge in [-0.15, -0.1) is 0 Å². The molecule has 0 radical (unpaired) electrons. The van der Waals surface area contributed by atoms with Crippen LogP contribution in [0.2, 0.25) is 19.1 Å². The monoisotopic (exact) mass is 418 g/mol. The number of aromatic nitrogens is 1. The molecule has 1 aromatic heterocycles. The maximum atomic E-state index is 6.10. The molecule has 1 aliphatic heterocycles. The van der Waals surface area contributed by atoms with Crippen LogP contribution in [0.3, 0.4) is 0 Å². The first-order valence-corrected chi connectivity index (χ1v) is 13.6. The lowest BCUT2D eigenvalue weighted by atomic mass is 10.1. The van der Waals surface area contributed by atoms with E-state index >= 15 is 0 Å². The first-order chi connectivity index (χ1) is 13.8. The highest BCUT2D eigenvalue weighted by molar-refractivity contribution is 6.71. The highest BCUT2D eigenvalue weighted by Crippen LogP contribution is 2.37. The molecule has 0 amide bonds. The lowest BCUT2D eigenvalue weighted by Gasteiger charge is -2.24. The van der Waals surface area contributed by atoms with E-state index in [-0.39, 0.29) is 12.8 Å². The molecule has 1 aromatic carbocycles. The van der Waals surface area contributed by atoms with Crippen molar-refractivity contribution in [2.75, 3.05) is 31.9 Å². The molecule has 0 spiro atoms. The van der Waals surface area contributed by atoms with Crippen LogP contribution in [-0.2, 0) is 9.16 Å². The fourth-order valence-electron chi connectivity index (χ4n) is 3.78. The fraction of sp³-hybridized carbons (Fsp3) is 0.591. The highest BCUT2D eigenvalue weighted by Gasteiger charge is 2.23. The van der Waals surface area contributed by atoms with Crippen LogP contribution in [0.15, 0.2) is 24.4 Å². The number of anilines is 1. The van der Waals surface area contributed by atoms with Crippen LogP contribution < -0.4 is 14.8 Å². The van der Waals surface area contributed by atoms with Gasteiger partial charge < -0.3 is 24.0 Å². The summed E-state index contributed by atoms with van der Waals surface area (Å²) >= 11 is 0. The molecule has 6 nitrogen and oxygen atoms in total. The molecule has 2 heterocycles. The third kappa shape index (κ3) is 6.32. The van der Waals surface area contributed by atoms with Crippen LogP contribution in [0.1, 0.15) is 27.2 Å². The maximum absolute atomic E-state index is 6.10. The van der Waals surface area contributed by atoms with E-state index in [0.29, 0.717) is 25.7 Å². The van der Waals surface area contributed by atoms with Gasteiger partial charge in [-0.3, -0.25) is 4.98 Å². The molecule has 160 valence electrons. The Morgan fingerprint density at radius 3 is 2.62 bits per heavy atom. The molecule has 2 aromatic rings. The van der Waals surface area contributed by atoms with Crippen LogP contribution in [-0.4, -0.2) is 46.0 Å². The highest BCUT2D eigenvalue weighted by atomic mass is 28.4. The number of fused-ring (bicyclic) bond motifs is 2. The number of ether oxygens (including phenoxy) is 3. The summed E-state index contributed by atoms with van der Waals surface area (Å²) in [5, 5.41) is 4.61. The molecular formula is C22H34N2O4Si. The molecule has 7 heteroatoms. The SMILES string of the molecule is CC(C)C[Si](C)(C)OCCOCCC(C)Nc1ccnc2cc3c(cc12)OCO3. The molecule has 0 saturated heterocycles. The first-order valence-electron chi connectivity index (χ1n) is 10.5. The molecule has 0 aliphatic carbocycles. The molecule has 0 bridgehead atoms. The summed E-state index contributed by atoms with van der Waals surface area (Å²) in [6, 6.07) is 7.39. The Morgan fingerprint density at radius 1 is 1.10 bits per heavy atom. The van der Waals surface area contributed by atoms with E-state index in [2.05, 4.69) is 44.2 Å². The third-order valence-electron chi connectivity index (χ3n) is 4.95. The molecule has 3 rings (SSSR count). The first kappa shape index (κ1) is 21.9. The van der Waals surface area contributed by atoms with Crippen molar-refractivity contribution < 1.29 is 18.6 Å². The van der Waals surface area contributed by atoms with Crippen molar-refractivity contribution in [3.8, 4) is 11.5 Å². The van der Waals surface area contributed by atoms with Crippen molar-refractivity contribution in [3.05, 3.63) is 24.4 Å². The third-order valence-corrected chi connectivity index (χ3v) is 7.74. The van der Waals surface area contributed by atoms with Crippen LogP contribution in [0.25, 0.3) is 10.9 Å². The van der Waals surface area contributed by atoms with Gasteiger partial charge in [-0.2, -0.15) is 0 Å². The van der Waals surface area contributed by atoms with Crippen molar-refractivity contribution in [1.29, 1.82) is 0 Å². The van der Waals surface area contributed by atoms with E-state index in [4.69, 9.17) is 18.6 Å². The normalized spacial score (nSPS) is 14.6. The van der Waals surface area contributed by atoms with E-state index in [0.717, 1.165) is 34.5 Å². The molecule has 29 heavy (non-hydrogen) atoms. The summed E-state index contributed by atoms with van der Waals surface area (Å²) in [5.41, 5.74) is 1.94. The lowest BCUT2D eigenvalue weighted by molar-refractivity contribution is 0.0938. The fourth-order valence-corrected chi connectivity index (χ4v) is 6.50. The quantitative estimate of drug-likeness (QED) is 0.407. The molecule has 1 aliphatic rings. The van der Waals surface area contributed by atoms with Crippen molar-refractivity contribution in [2.45, 2.75) is 52.4 Å². The number of benzene rings is 1. The number of nitrogens with zero attached hydrogens (tertiary/aromatic N) is 1. The molecule has 1 unspecified atom stereocenters. The molecule has 1 atom stereocenters. The second-order valence-electron chi connectivity index (χ2n) is 8.73. The largest absolute Gasteiger partial charge is 0.454 e. The van der Waals surface area contributed by atoms with Crippen LogP contribution in [0.4, 0.5) is 5.69 Å². The van der Waals surface area contributed by atoms with Gasteiger partial charge >= 0.3 is 0 Å². The van der Waals surface area contributed by atoms with Gasteiger partial charge in [0.05, 0.1) is 18.7 Å². The average Bonchev–Trinajstić information content (AvgIpc) is 3.09. The Hall–Kier alpha value is -1.83. The van der Waals surface area contributed by atoms with Gasteiger partial charge in [0, 0.05) is 36.0 Å². The molecule has 0 fully saturated rings. The van der Waals surface area contributed by atoms with Gasteiger partial charge in [-0.1, -0.05) is 13.8 Å². The summed E-state index contributed by atoms with van der Waals surface area (Å²) in [5.74, 6) is 2.22.